The van der Waals surface area contributed by atoms with Gasteiger partial charge in [-0.2, -0.15) is 11.3 Å². The summed E-state index contributed by atoms with van der Waals surface area (Å²) in [6, 6.07) is 14.5. The molecule has 259 valence electrons. The van der Waals surface area contributed by atoms with E-state index in [9.17, 15) is 9.90 Å². The van der Waals surface area contributed by atoms with Crippen molar-refractivity contribution >= 4 is 60.9 Å². The molecule has 4 heterocycles. The quantitative estimate of drug-likeness (QED) is 0.0957. The van der Waals surface area contributed by atoms with Gasteiger partial charge in [0.05, 0.1) is 0 Å². The van der Waals surface area contributed by atoms with Gasteiger partial charge < -0.3 is 9.52 Å². The molecule has 48 heavy (non-hydrogen) atoms. The zero-order chi connectivity index (χ0) is 34.3. The van der Waals surface area contributed by atoms with Crippen LogP contribution in [0.5, 0.6) is 0 Å². The van der Waals surface area contributed by atoms with Gasteiger partial charge in [-0.05, 0) is 64.8 Å². The Hall–Kier alpha value is -2.44. The Morgan fingerprint density at radius 1 is 0.979 bits per heavy atom. The second-order valence-electron chi connectivity index (χ2n) is 14.6. The standard InChI is InChI=1S/C26H22NOS2.C15H28O2.Ir/c1-14-13-30-25-17(14)5-6-19-22(25)21-20(28-19)7-9-27-23(21)16-11-15-8-10-29-24(15)18(12-16)26(2,3)4;1-7-14(5,8-2)12(16)11-13(17)15(6,9-3)10-4;/h5-10,12,14H,13H2,1-4H3;11,16H,7-10H2,1-6H3;/q-1;;/b;12-11-;. The molecule has 7 heteroatoms. The maximum absolute atomic E-state index is 12.2. The topological polar surface area (TPSA) is 63.3 Å². The zero-order valence-corrected chi connectivity index (χ0v) is 34.1. The minimum Gasteiger partial charge on any atom is -0.512 e. The van der Waals surface area contributed by atoms with Crippen LogP contribution in [-0.2, 0) is 30.3 Å². The molecule has 0 aliphatic carbocycles. The molecule has 0 bridgehead atoms. The van der Waals surface area contributed by atoms with Crippen molar-refractivity contribution in [3.63, 3.8) is 0 Å². The fourth-order valence-corrected chi connectivity index (χ4v) is 8.67. The summed E-state index contributed by atoms with van der Waals surface area (Å²) in [7, 11) is 0. The fraction of sp³-hybridized carbons (Fsp3) is 0.463. The maximum atomic E-state index is 12.2. The number of carbonyl (C=O) groups is 1. The largest absolute Gasteiger partial charge is 0.512 e. The van der Waals surface area contributed by atoms with Crippen LogP contribution in [0.2, 0.25) is 0 Å². The normalized spacial score (nSPS) is 15.4. The van der Waals surface area contributed by atoms with Crippen LogP contribution in [0.4, 0.5) is 0 Å². The molecule has 0 fully saturated rings. The van der Waals surface area contributed by atoms with E-state index in [0.29, 0.717) is 5.92 Å². The van der Waals surface area contributed by atoms with Crippen molar-refractivity contribution < 1.29 is 34.4 Å². The predicted molar refractivity (Wildman–Crippen MR) is 202 cm³/mol. The van der Waals surface area contributed by atoms with Crippen molar-refractivity contribution in [3.05, 3.63) is 70.9 Å². The van der Waals surface area contributed by atoms with Gasteiger partial charge in [-0.3, -0.25) is 9.78 Å². The number of rotatable bonds is 8. The van der Waals surface area contributed by atoms with E-state index in [1.165, 1.54) is 37.6 Å². The molecule has 0 saturated heterocycles. The second-order valence-corrected chi connectivity index (χ2v) is 16.6. The Kier molecular flexibility index (Phi) is 11.8. The van der Waals surface area contributed by atoms with Gasteiger partial charge >= 0.3 is 0 Å². The molecule has 5 aromatic rings. The van der Waals surface area contributed by atoms with Crippen molar-refractivity contribution in [1.82, 2.24) is 4.98 Å². The molecule has 1 atom stereocenters. The number of pyridine rings is 1. The third kappa shape index (κ3) is 7.08. The molecule has 1 unspecified atom stereocenters. The van der Waals surface area contributed by atoms with Crippen LogP contribution in [0.3, 0.4) is 0 Å². The number of benzene rings is 2. The molecule has 0 amide bonds. The van der Waals surface area contributed by atoms with Crippen LogP contribution in [0.15, 0.2) is 63.1 Å². The van der Waals surface area contributed by atoms with Gasteiger partial charge in [-0.1, -0.05) is 86.4 Å². The Balaban J connectivity index is 0.000000251. The summed E-state index contributed by atoms with van der Waals surface area (Å²) in [6.45, 7) is 21.2. The number of allylic oxidation sites excluding steroid dienone is 2. The van der Waals surface area contributed by atoms with Crippen molar-refractivity contribution in [2.45, 2.75) is 111 Å². The van der Waals surface area contributed by atoms with E-state index in [2.05, 4.69) is 63.4 Å². The summed E-state index contributed by atoms with van der Waals surface area (Å²) < 4.78 is 7.60. The SMILES string of the molecule is CC1CSc2c1ccc1oc3ccnc(-c4[c-]c5ccsc5c(C(C)(C)C)c4)c3c21.CCC(C)(CC)C(=O)/C=C(\O)C(C)(CC)CC.[Ir]. The third-order valence-electron chi connectivity index (χ3n) is 10.7. The first-order valence-corrected chi connectivity index (χ1v) is 18.9. The molecule has 1 N–H and O–H groups in total. The summed E-state index contributed by atoms with van der Waals surface area (Å²) in [6.07, 6.45) is 6.61. The van der Waals surface area contributed by atoms with Crippen LogP contribution in [0, 0.1) is 16.9 Å². The number of ketones is 1. The van der Waals surface area contributed by atoms with Crippen molar-refractivity contribution in [1.29, 1.82) is 0 Å². The van der Waals surface area contributed by atoms with Crippen LogP contribution >= 0.6 is 23.1 Å². The van der Waals surface area contributed by atoms with Crippen LogP contribution in [-0.4, -0.2) is 21.6 Å². The number of thioether (sulfide) groups is 1. The van der Waals surface area contributed by atoms with Gasteiger partial charge in [0.1, 0.15) is 16.9 Å². The fourth-order valence-electron chi connectivity index (χ4n) is 6.21. The first-order chi connectivity index (χ1) is 22.2. The number of hydrogen-bond donors (Lipinski definition) is 1. The monoisotopic (exact) mass is 861 g/mol. The van der Waals surface area contributed by atoms with Gasteiger partial charge in [0, 0.05) is 70.3 Å². The molecule has 0 spiro atoms. The smallest absolute Gasteiger partial charge is 0.164 e. The Labute approximate surface area is 308 Å². The summed E-state index contributed by atoms with van der Waals surface area (Å²) in [5.41, 5.74) is 6.09. The van der Waals surface area contributed by atoms with Gasteiger partial charge in [0.25, 0.3) is 0 Å². The molecule has 1 aliphatic heterocycles. The van der Waals surface area contributed by atoms with E-state index in [1.54, 1.807) is 11.3 Å². The molecule has 1 aliphatic rings. The van der Waals surface area contributed by atoms with Crippen LogP contribution in [0.25, 0.3) is 43.3 Å². The van der Waals surface area contributed by atoms with Crippen LogP contribution < -0.4 is 0 Å². The van der Waals surface area contributed by atoms with E-state index >= 15 is 0 Å². The number of aromatic nitrogens is 1. The number of aliphatic hydroxyl groups excluding tert-OH is 1. The van der Waals surface area contributed by atoms with Crippen molar-refractivity contribution in [2.75, 3.05) is 5.75 Å². The summed E-state index contributed by atoms with van der Waals surface area (Å²) in [4.78, 5) is 18.4. The Morgan fingerprint density at radius 3 is 2.25 bits per heavy atom. The maximum Gasteiger partial charge on any atom is 0.164 e. The van der Waals surface area contributed by atoms with Crippen LogP contribution in [0.1, 0.15) is 112 Å². The molecule has 1 radical (unpaired) electrons. The minimum absolute atomic E-state index is 0. The summed E-state index contributed by atoms with van der Waals surface area (Å²) in [5.74, 6) is 1.98. The number of nitrogens with zero attached hydrogens (tertiary/aromatic N) is 1. The molecular weight excluding hydrogens is 811 g/mol. The van der Waals surface area contributed by atoms with Gasteiger partial charge in [-0.15, -0.1) is 35.3 Å². The van der Waals surface area contributed by atoms with Gasteiger partial charge in [0.2, 0.25) is 0 Å². The molecule has 0 saturated carbocycles. The molecule has 4 nitrogen and oxygen atoms in total. The van der Waals surface area contributed by atoms with Crippen molar-refractivity contribution in [2.24, 2.45) is 10.8 Å². The first-order valence-electron chi connectivity index (χ1n) is 17.1. The molecule has 2 aromatic carbocycles. The Bertz CT molecular complexity index is 1950. The number of fused-ring (bicyclic) bond motifs is 6. The number of aliphatic hydroxyl groups is 1. The average Bonchev–Trinajstić information content (AvgIpc) is 3.79. The molecular formula is C41H50IrNO3S2-. The molecule has 3 aromatic heterocycles. The molecule has 6 rings (SSSR count). The summed E-state index contributed by atoms with van der Waals surface area (Å²) in [5, 5.41) is 15.8. The van der Waals surface area contributed by atoms with E-state index in [1.807, 2.05) is 65.6 Å². The summed E-state index contributed by atoms with van der Waals surface area (Å²) >= 11 is 3.74. The average molecular weight is 861 g/mol. The first kappa shape index (κ1) is 38.4. The van der Waals surface area contributed by atoms with E-state index in [0.717, 1.165) is 59.2 Å². The number of furan rings is 1. The van der Waals surface area contributed by atoms with E-state index in [-0.39, 0.29) is 47.9 Å². The Morgan fingerprint density at radius 2 is 1.62 bits per heavy atom. The number of carbonyl (C=O) groups excluding carboxylic acids is 1. The third-order valence-corrected chi connectivity index (χ3v) is 13.0. The van der Waals surface area contributed by atoms with Gasteiger partial charge in [0.15, 0.2) is 5.78 Å². The van der Waals surface area contributed by atoms with E-state index in [4.69, 9.17) is 9.40 Å². The number of thiophene rings is 1. The van der Waals surface area contributed by atoms with Crippen molar-refractivity contribution in [3.8, 4) is 11.3 Å². The zero-order valence-electron chi connectivity index (χ0n) is 30.1. The predicted octanol–water partition coefficient (Wildman–Crippen LogP) is 12.8. The minimum atomic E-state index is -0.337. The van der Waals surface area contributed by atoms with E-state index < -0.39 is 0 Å². The van der Waals surface area contributed by atoms with Gasteiger partial charge in [-0.25, -0.2) is 0 Å². The number of hydrogen-bond acceptors (Lipinski definition) is 6. The second kappa shape index (κ2) is 14.8.